The third-order valence-corrected chi connectivity index (χ3v) is 3.00. The number of ether oxygens (including phenoxy) is 1. The van der Waals surface area contributed by atoms with Crippen molar-refractivity contribution < 1.29 is 9.53 Å². The molecule has 19 heavy (non-hydrogen) atoms. The van der Waals surface area contributed by atoms with Gasteiger partial charge in [0.25, 0.3) is 0 Å². The zero-order valence-corrected chi connectivity index (χ0v) is 10.3. The number of fused-ring (bicyclic) bond motifs is 1. The summed E-state index contributed by atoms with van der Waals surface area (Å²) in [6.45, 7) is 0.284. The van der Waals surface area contributed by atoms with Crippen LogP contribution in [0.4, 0.5) is 4.79 Å². The molecule has 0 spiro atoms. The number of para-hydroxylation sites is 1. The Hall–Kier alpha value is -2.55. The van der Waals surface area contributed by atoms with Gasteiger partial charge in [0.05, 0.1) is 5.52 Å². The summed E-state index contributed by atoms with van der Waals surface area (Å²) in [7, 11) is 0. The van der Waals surface area contributed by atoms with Crippen molar-refractivity contribution in [3.63, 3.8) is 0 Å². The van der Waals surface area contributed by atoms with Gasteiger partial charge in [-0.1, -0.05) is 48.5 Å². The summed E-state index contributed by atoms with van der Waals surface area (Å²) in [5.74, 6) is 0. The Labute approximate surface area is 111 Å². The molecule has 0 aliphatic rings. The van der Waals surface area contributed by atoms with E-state index in [1.54, 1.807) is 6.20 Å². The number of aromatic nitrogens is 1. The standard InChI is InChI=1S/C16H13NO2/c18-16(19-12-13-6-2-1-3-7-13)17-11-10-14-8-4-5-9-15(14)17/h1-11H,12H2. The predicted molar refractivity (Wildman–Crippen MR) is 74.0 cm³/mol. The highest BCUT2D eigenvalue weighted by molar-refractivity contribution is 5.89. The third-order valence-electron chi connectivity index (χ3n) is 3.00. The van der Waals surface area contributed by atoms with Crippen LogP contribution in [0.3, 0.4) is 0 Å². The van der Waals surface area contributed by atoms with Crippen molar-refractivity contribution in [1.29, 1.82) is 0 Å². The molecule has 0 aliphatic carbocycles. The highest BCUT2D eigenvalue weighted by Gasteiger charge is 2.09. The molecule has 0 bridgehead atoms. The van der Waals surface area contributed by atoms with Crippen LogP contribution < -0.4 is 0 Å². The summed E-state index contributed by atoms with van der Waals surface area (Å²) in [6, 6.07) is 19.3. The SMILES string of the molecule is O=C(OCc1ccccc1)n1ccc2ccccc21. The fourth-order valence-corrected chi connectivity index (χ4v) is 2.03. The van der Waals surface area contributed by atoms with Crippen molar-refractivity contribution in [2.75, 3.05) is 0 Å². The normalized spacial score (nSPS) is 10.5. The Balaban J connectivity index is 1.77. The lowest BCUT2D eigenvalue weighted by molar-refractivity contribution is 0.142. The largest absolute Gasteiger partial charge is 0.444 e. The maximum atomic E-state index is 12.0. The molecule has 3 rings (SSSR count). The van der Waals surface area contributed by atoms with Gasteiger partial charge in [-0.05, 0) is 17.7 Å². The molecule has 1 heterocycles. The fraction of sp³-hybridized carbons (Fsp3) is 0.0625. The first kappa shape index (κ1) is 11.5. The van der Waals surface area contributed by atoms with E-state index >= 15 is 0 Å². The van der Waals surface area contributed by atoms with Gasteiger partial charge in [0.1, 0.15) is 6.61 Å². The molecule has 94 valence electrons. The minimum Gasteiger partial charge on any atom is -0.444 e. The molecule has 3 nitrogen and oxygen atoms in total. The lowest BCUT2D eigenvalue weighted by atomic mass is 10.2. The van der Waals surface area contributed by atoms with Crippen molar-refractivity contribution in [2.45, 2.75) is 6.61 Å². The Morgan fingerprint density at radius 1 is 0.947 bits per heavy atom. The maximum Gasteiger partial charge on any atom is 0.418 e. The minimum absolute atomic E-state index is 0.284. The van der Waals surface area contributed by atoms with Gasteiger partial charge in [0.2, 0.25) is 0 Å². The summed E-state index contributed by atoms with van der Waals surface area (Å²) < 4.78 is 6.83. The quantitative estimate of drug-likeness (QED) is 0.693. The number of rotatable bonds is 2. The van der Waals surface area contributed by atoms with E-state index in [4.69, 9.17) is 4.74 Å². The number of benzene rings is 2. The van der Waals surface area contributed by atoms with E-state index in [9.17, 15) is 4.79 Å². The van der Waals surface area contributed by atoms with Gasteiger partial charge in [-0.3, -0.25) is 4.57 Å². The highest BCUT2D eigenvalue weighted by atomic mass is 16.5. The Morgan fingerprint density at radius 3 is 2.53 bits per heavy atom. The van der Waals surface area contributed by atoms with Gasteiger partial charge in [-0.25, -0.2) is 4.79 Å². The summed E-state index contributed by atoms with van der Waals surface area (Å²) in [4.78, 5) is 12.0. The number of hydrogen-bond donors (Lipinski definition) is 0. The van der Waals surface area contributed by atoms with Crippen LogP contribution in [0.2, 0.25) is 0 Å². The van der Waals surface area contributed by atoms with Crippen LogP contribution in [0.1, 0.15) is 5.56 Å². The molecule has 0 radical (unpaired) electrons. The molecule has 0 unspecified atom stereocenters. The predicted octanol–water partition coefficient (Wildman–Crippen LogP) is 3.83. The summed E-state index contributed by atoms with van der Waals surface area (Å²) in [5.41, 5.74) is 1.84. The van der Waals surface area contributed by atoms with E-state index in [-0.39, 0.29) is 12.7 Å². The van der Waals surface area contributed by atoms with E-state index in [0.717, 1.165) is 16.5 Å². The smallest absolute Gasteiger partial charge is 0.418 e. The molecule has 0 fully saturated rings. The van der Waals surface area contributed by atoms with Crippen molar-refractivity contribution in [1.82, 2.24) is 4.57 Å². The van der Waals surface area contributed by atoms with E-state index in [2.05, 4.69) is 0 Å². The second kappa shape index (κ2) is 4.98. The van der Waals surface area contributed by atoms with Gasteiger partial charge >= 0.3 is 6.09 Å². The van der Waals surface area contributed by atoms with Crippen LogP contribution in [0.15, 0.2) is 66.9 Å². The van der Waals surface area contributed by atoms with Crippen molar-refractivity contribution in [2.24, 2.45) is 0 Å². The molecule has 0 amide bonds. The van der Waals surface area contributed by atoms with Crippen LogP contribution in [-0.4, -0.2) is 10.7 Å². The molecule has 1 aromatic heterocycles. The van der Waals surface area contributed by atoms with Gasteiger partial charge in [-0.2, -0.15) is 0 Å². The summed E-state index contributed by atoms with van der Waals surface area (Å²) >= 11 is 0. The maximum absolute atomic E-state index is 12.0. The zero-order chi connectivity index (χ0) is 13.1. The van der Waals surface area contributed by atoms with E-state index in [0.29, 0.717) is 0 Å². The molecule has 0 saturated carbocycles. The Kier molecular flexibility index (Phi) is 3.02. The molecule has 0 N–H and O–H groups in total. The monoisotopic (exact) mass is 251 g/mol. The number of carbonyl (C=O) groups excluding carboxylic acids is 1. The molecule has 0 saturated heterocycles. The Morgan fingerprint density at radius 2 is 1.68 bits per heavy atom. The number of hydrogen-bond acceptors (Lipinski definition) is 2. The van der Waals surface area contributed by atoms with Crippen LogP contribution in [0.5, 0.6) is 0 Å². The summed E-state index contributed by atoms with van der Waals surface area (Å²) in [6.07, 6.45) is 1.38. The molecule has 3 aromatic rings. The van der Waals surface area contributed by atoms with Crippen molar-refractivity contribution in [3.8, 4) is 0 Å². The van der Waals surface area contributed by atoms with Gasteiger partial charge in [0.15, 0.2) is 0 Å². The zero-order valence-electron chi connectivity index (χ0n) is 10.3. The van der Waals surface area contributed by atoms with Crippen LogP contribution in [0.25, 0.3) is 10.9 Å². The molecular weight excluding hydrogens is 238 g/mol. The first-order valence-corrected chi connectivity index (χ1v) is 6.12. The van der Waals surface area contributed by atoms with Crippen molar-refractivity contribution in [3.05, 3.63) is 72.4 Å². The third kappa shape index (κ3) is 2.36. The first-order chi connectivity index (χ1) is 9.34. The molecule has 3 heteroatoms. The average Bonchev–Trinajstić information content (AvgIpc) is 2.90. The number of nitrogens with zero attached hydrogens (tertiary/aromatic N) is 1. The highest BCUT2D eigenvalue weighted by Crippen LogP contribution is 2.15. The van der Waals surface area contributed by atoms with Crippen molar-refractivity contribution >= 4 is 17.0 Å². The molecule has 2 aromatic carbocycles. The van der Waals surface area contributed by atoms with E-state index < -0.39 is 0 Å². The minimum atomic E-state index is -0.356. The van der Waals surface area contributed by atoms with Gasteiger partial charge in [-0.15, -0.1) is 0 Å². The van der Waals surface area contributed by atoms with E-state index in [1.165, 1.54) is 4.57 Å². The van der Waals surface area contributed by atoms with E-state index in [1.807, 2.05) is 60.7 Å². The second-order valence-electron chi connectivity index (χ2n) is 4.28. The topological polar surface area (TPSA) is 31.2 Å². The number of carbonyl (C=O) groups is 1. The fourth-order valence-electron chi connectivity index (χ4n) is 2.03. The van der Waals surface area contributed by atoms with Gasteiger partial charge < -0.3 is 4.74 Å². The molecule has 0 atom stereocenters. The molecular formula is C16H13NO2. The lowest BCUT2D eigenvalue weighted by Crippen LogP contribution is -2.12. The second-order valence-corrected chi connectivity index (χ2v) is 4.28. The Bertz CT molecular complexity index is 701. The lowest BCUT2D eigenvalue weighted by Gasteiger charge is -2.06. The molecule has 0 aliphatic heterocycles. The first-order valence-electron chi connectivity index (χ1n) is 6.12. The van der Waals surface area contributed by atoms with Crippen LogP contribution in [-0.2, 0) is 11.3 Å². The summed E-state index contributed by atoms with van der Waals surface area (Å²) in [5, 5.41) is 1.03. The van der Waals surface area contributed by atoms with Crippen LogP contribution in [0, 0.1) is 0 Å². The van der Waals surface area contributed by atoms with Gasteiger partial charge in [0, 0.05) is 11.6 Å². The van der Waals surface area contributed by atoms with Crippen LogP contribution >= 0.6 is 0 Å². The average molecular weight is 251 g/mol.